The number of halogens is 1. The molecule has 0 saturated heterocycles. The molecule has 110 valence electrons. The number of aryl methyl sites for hydroxylation is 3. The van der Waals surface area contributed by atoms with Crippen LogP contribution >= 0.6 is 27.7 Å². The Morgan fingerprint density at radius 3 is 2.52 bits per heavy atom. The number of carbonyl (C=O) groups is 1. The maximum atomic E-state index is 12.0. The van der Waals surface area contributed by atoms with Crippen LogP contribution in [0.3, 0.4) is 0 Å². The van der Waals surface area contributed by atoms with E-state index in [1.807, 2.05) is 45.0 Å². The fourth-order valence-corrected chi connectivity index (χ4v) is 2.91. The maximum Gasteiger partial charge on any atom is 0.234 e. The lowest BCUT2D eigenvalue weighted by Crippen LogP contribution is -2.15. The Kier molecular flexibility index (Phi) is 5.36. The van der Waals surface area contributed by atoms with Crippen molar-refractivity contribution in [2.75, 3.05) is 11.1 Å². The summed E-state index contributed by atoms with van der Waals surface area (Å²) in [5.74, 6) is 0.221. The summed E-state index contributed by atoms with van der Waals surface area (Å²) in [5.41, 5.74) is 3.66. The predicted octanol–water partition coefficient (Wildman–Crippen LogP) is 3.90. The quantitative estimate of drug-likeness (QED) is 0.659. The van der Waals surface area contributed by atoms with Gasteiger partial charge in [0, 0.05) is 21.5 Å². The molecule has 1 aromatic heterocycles. The van der Waals surface area contributed by atoms with E-state index in [0.29, 0.717) is 5.16 Å². The van der Waals surface area contributed by atoms with Crippen LogP contribution in [-0.2, 0) is 4.79 Å². The minimum Gasteiger partial charge on any atom is -0.325 e. The third-order valence-electron chi connectivity index (χ3n) is 2.77. The van der Waals surface area contributed by atoms with Gasteiger partial charge in [-0.3, -0.25) is 4.79 Å². The largest absolute Gasteiger partial charge is 0.325 e. The summed E-state index contributed by atoms with van der Waals surface area (Å²) in [4.78, 5) is 20.6. The number of hydrogen-bond acceptors (Lipinski definition) is 4. The minimum absolute atomic E-state index is 0.0658. The number of aromatic nitrogens is 2. The second-order valence-electron chi connectivity index (χ2n) is 4.73. The highest BCUT2D eigenvalue weighted by molar-refractivity contribution is 9.10. The van der Waals surface area contributed by atoms with Gasteiger partial charge in [0.15, 0.2) is 5.16 Å². The standard InChI is InChI=1S/C15H16BrN3OS/c1-9-4-5-12(16)7-13(9)19-14(20)8-21-15-17-10(2)6-11(3)18-15/h4-7H,8H2,1-3H3,(H,19,20). The lowest BCUT2D eigenvalue weighted by molar-refractivity contribution is -0.113. The van der Waals surface area contributed by atoms with E-state index >= 15 is 0 Å². The molecule has 2 rings (SSSR count). The lowest BCUT2D eigenvalue weighted by Gasteiger charge is -2.08. The van der Waals surface area contributed by atoms with Crippen molar-refractivity contribution in [3.8, 4) is 0 Å². The van der Waals surface area contributed by atoms with E-state index in [1.165, 1.54) is 11.8 Å². The molecule has 0 saturated carbocycles. The fourth-order valence-electron chi connectivity index (χ4n) is 1.80. The fraction of sp³-hybridized carbons (Fsp3) is 0.267. The number of nitrogens with one attached hydrogen (secondary N) is 1. The zero-order chi connectivity index (χ0) is 15.4. The molecule has 4 nitrogen and oxygen atoms in total. The first-order chi connectivity index (χ1) is 9.94. The van der Waals surface area contributed by atoms with Crippen molar-refractivity contribution in [2.45, 2.75) is 25.9 Å². The third-order valence-corrected chi connectivity index (χ3v) is 4.11. The number of anilines is 1. The van der Waals surface area contributed by atoms with Gasteiger partial charge >= 0.3 is 0 Å². The predicted molar refractivity (Wildman–Crippen MR) is 89.7 cm³/mol. The number of nitrogens with zero attached hydrogens (tertiary/aromatic N) is 2. The Hall–Kier alpha value is -1.40. The summed E-state index contributed by atoms with van der Waals surface area (Å²) in [6, 6.07) is 7.71. The van der Waals surface area contributed by atoms with Gasteiger partial charge in [0.1, 0.15) is 0 Å². The molecule has 0 bridgehead atoms. The van der Waals surface area contributed by atoms with E-state index in [-0.39, 0.29) is 11.7 Å². The molecule has 1 N–H and O–H groups in total. The Bertz CT molecular complexity index is 656. The van der Waals surface area contributed by atoms with E-state index in [2.05, 4.69) is 31.2 Å². The molecule has 0 aliphatic carbocycles. The van der Waals surface area contributed by atoms with Gasteiger partial charge in [-0.25, -0.2) is 9.97 Å². The highest BCUT2D eigenvalue weighted by Gasteiger charge is 2.08. The lowest BCUT2D eigenvalue weighted by atomic mass is 10.2. The molecule has 1 heterocycles. The van der Waals surface area contributed by atoms with E-state index < -0.39 is 0 Å². The van der Waals surface area contributed by atoms with Crippen molar-refractivity contribution in [1.82, 2.24) is 9.97 Å². The van der Waals surface area contributed by atoms with Crippen LogP contribution < -0.4 is 5.32 Å². The first-order valence-electron chi connectivity index (χ1n) is 6.45. The van der Waals surface area contributed by atoms with Crippen LogP contribution in [0.2, 0.25) is 0 Å². The molecule has 1 amide bonds. The Morgan fingerprint density at radius 1 is 1.19 bits per heavy atom. The number of rotatable bonds is 4. The Labute approximate surface area is 136 Å². The van der Waals surface area contributed by atoms with E-state index in [4.69, 9.17) is 0 Å². The summed E-state index contributed by atoms with van der Waals surface area (Å²) >= 11 is 4.74. The van der Waals surface area contributed by atoms with E-state index in [9.17, 15) is 4.79 Å². The molecular formula is C15H16BrN3OS. The second-order valence-corrected chi connectivity index (χ2v) is 6.59. The van der Waals surface area contributed by atoms with Gasteiger partial charge in [0.25, 0.3) is 0 Å². The average molecular weight is 366 g/mol. The van der Waals surface area contributed by atoms with E-state index in [1.54, 1.807) is 0 Å². The van der Waals surface area contributed by atoms with Crippen molar-refractivity contribution in [2.24, 2.45) is 0 Å². The van der Waals surface area contributed by atoms with Gasteiger partial charge in [-0.1, -0.05) is 33.8 Å². The molecule has 0 aliphatic rings. The molecular weight excluding hydrogens is 350 g/mol. The highest BCUT2D eigenvalue weighted by atomic mass is 79.9. The van der Waals surface area contributed by atoms with Gasteiger partial charge in [-0.05, 0) is 44.5 Å². The molecule has 0 fully saturated rings. The number of amides is 1. The molecule has 2 aromatic rings. The van der Waals surface area contributed by atoms with Gasteiger partial charge in [0.2, 0.25) is 5.91 Å². The number of thioether (sulfide) groups is 1. The molecule has 21 heavy (non-hydrogen) atoms. The number of carbonyl (C=O) groups excluding carboxylic acids is 1. The molecule has 6 heteroatoms. The van der Waals surface area contributed by atoms with Gasteiger partial charge < -0.3 is 5.32 Å². The second kappa shape index (κ2) is 7.04. The maximum absolute atomic E-state index is 12.0. The highest BCUT2D eigenvalue weighted by Crippen LogP contribution is 2.21. The molecule has 0 spiro atoms. The van der Waals surface area contributed by atoms with Crippen molar-refractivity contribution < 1.29 is 4.79 Å². The topological polar surface area (TPSA) is 54.9 Å². The smallest absolute Gasteiger partial charge is 0.234 e. The summed E-state index contributed by atoms with van der Waals surface area (Å²) in [6.45, 7) is 5.80. The van der Waals surface area contributed by atoms with Crippen LogP contribution in [-0.4, -0.2) is 21.6 Å². The molecule has 0 aliphatic heterocycles. The van der Waals surface area contributed by atoms with Crippen molar-refractivity contribution >= 4 is 39.3 Å². The summed E-state index contributed by atoms with van der Waals surface area (Å²) < 4.78 is 0.939. The Balaban J connectivity index is 1.97. The summed E-state index contributed by atoms with van der Waals surface area (Å²) in [7, 11) is 0. The van der Waals surface area contributed by atoms with Crippen LogP contribution in [0.15, 0.2) is 33.9 Å². The molecule has 0 unspecified atom stereocenters. The van der Waals surface area contributed by atoms with Crippen LogP contribution in [0.1, 0.15) is 17.0 Å². The van der Waals surface area contributed by atoms with Crippen molar-refractivity contribution in [1.29, 1.82) is 0 Å². The molecule has 0 radical (unpaired) electrons. The van der Waals surface area contributed by atoms with Crippen molar-refractivity contribution in [3.05, 3.63) is 45.7 Å². The van der Waals surface area contributed by atoms with Gasteiger partial charge in [-0.2, -0.15) is 0 Å². The zero-order valence-corrected chi connectivity index (χ0v) is 14.5. The van der Waals surface area contributed by atoms with Gasteiger partial charge in [0.05, 0.1) is 5.75 Å². The number of benzene rings is 1. The average Bonchev–Trinajstić information content (AvgIpc) is 2.40. The monoisotopic (exact) mass is 365 g/mol. The van der Waals surface area contributed by atoms with Crippen LogP contribution in [0.25, 0.3) is 0 Å². The van der Waals surface area contributed by atoms with Gasteiger partial charge in [-0.15, -0.1) is 0 Å². The van der Waals surface area contributed by atoms with Crippen LogP contribution in [0.4, 0.5) is 5.69 Å². The first-order valence-corrected chi connectivity index (χ1v) is 8.23. The SMILES string of the molecule is Cc1cc(C)nc(SCC(=O)Nc2cc(Br)ccc2C)n1. The Morgan fingerprint density at radius 2 is 1.86 bits per heavy atom. The summed E-state index contributed by atoms with van der Waals surface area (Å²) in [5, 5.41) is 3.54. The van der Waals surface area contributed by atoms with Crippen molar-refractivity contribution in [3.63, 3.8) is 0 Å². The normalized spacial score (nSPS) is 10.5. The van der Waals surface area contributed by atoms with Crippen LogP contribution in [0.5, 0.6) is 0 Å². The number of hydrogen-bond donors (Lipinski definition) is 1. The minimum atomic E-state index is -0.0658. The summed E-state index contributed by atoms with van der Waals surface area (Å²) in [6.07, 6.45) is 0. The third kappa shape index (κ3) is 4.82. The molecule has 1 aromatic carbocycles. The zero-order valence-electron chi connectivity index (χ0n) is 12.1. The van der Waals surface area contributed by atoms with Crippen LogP contribution in [0, 0.1) is 20.8 Å². The first kappa shape index (κ1) is 16.0. The molecule has 0 atom stereocenters. The van der Waals surface area contributed by atoms with E-state index in [0.717, 1.165) is 27.1 Å².